The quantitative estimate of drug-likeness (QED) is 0.791. The Labute approximate surface area is 128 Å². The number of likely N-dealkylation sites (tertiary alicyclic amines) is 2. The van der Waals surface area contributed by atoms with Gasteiger partial charge in [0.25, 0.3) is 23.5 Å². The van der Waals surface area contributed by atoms with Crippen LogP contribution in [0.3, 0.4) is 0 Å². The molecular weight excluding hydrogens is 284 g/mol. The van der Waals surface area contributed by atoms with E-state index in [4.69, 9.17) is 0 Å². The average Bonchev–Trinajstić information content (AvgIpc) is 2.62. The van der Waals surface area contributed by atoms with E-state index in [0.29, 0.717) is 0 Å². The Morgan fingerprint density at radius 1 is 0.591 bits per heavy atom. The van der Waals surface area contributed by atoms with Crippen molar-refractivity contribution in [3.8, 4) is 0 Å². The van der Waals surface area contributed by atoms with Gasteiger partial charge in [-0.2, -0.15) is 0 Å². The minimum absolute atomic E-state index is 0.0305. The standard InChI is InChI=1S/C14H20N6O2/c21-13(19-7-3-1-4-8-19)11-15-17-12(18-16-11)14(22)20-9-5-2-6-10-20/h1-10H2. The lowest BCUT2D eigenvalue weighted by atomic mass is 10.1. The van der Waals surface area contributed by atoms with Crippen molar-refractivity contribution in [1.82, 2.24) is 30.2 Å². The van der Waals surface area contributed by atoms with Crippen molar-refractivity contribution in [3.05, 3.63) is 11.6 Å². The second kappa shape index (κ2) is 6.76. The number of nitrogens with zero attached hydrogens (tertiary/aromatic N) is 6. The van der Waals surface area contributed by atoms with Crippen LogP contribution in [0.25, 0.3) is 0 Å². The molecule has 2 aliphatic rings. The maximum atomic E-state index is 12.2. The van der Waals surface area contributed by atoms with Gasteiger partial charge in [-0.1, -0.05) is 0 Å². The molecule has 0 atom stereocenters. The van der Waals surface area contributed by atoms with Crippen molar-refractivity contribution in [2.45, 2.75) is 38.5 Å². The highest BCUT2D eigenvalue weighted by Crippen LogP contribution is 2.12. The number of carbonyl (C=O) groups excluding carboxylic acids is 2. The fourth-order valence-corrected chi connectivity index (χ4v) is 2.88. The van der Waals surface area contributed by atoms with Crippen LogP contribution in [0.15, 0.2) is 0 Å². The highest BCUT2D eigenvalue weighted by Gasteiger charge is 2.24. The fraction of sp³-hybridized carbons (Fsp3) is 0.714. The van der Waals surface area contributed by atoms with Crippen LogP contribution >= 0.6 is 0 Å². The Morgan fingerprint density at radius 3 is 1.23 bits per heavy atom. The molecule has 2 fully saturated rings. The van der Waals surface area contributed by atoms with Gasteiger partial charge in [0.05, 0.1) is 0 Å². The summed E-state index contributed by atoms with van der Waals surface area (Å²) in [6, 6.07) is 0. The Balaban J connectivity index is 1.66. The van der Waals surface area contributed by atoms with Crippen LogP contribution < -0.4 is 0 Å². The summed E-state index contributed by atoms with van der Waals surface area (Å²) in [5, 5.41) is 15.2. The number of hydrogen-bond donors (Lipinski definition) is 0. The summed E-state index contributed by atoms with van der Waals surface area (Å²) in [4.78, 5) is 27.8. The molecule has 0 N–H and O–H groups in total. The zero-order chi connectivity index (χ0) is 15.4. The smallest absolute Gasteiger partial charge is 0.295 e. The molecule has 0 radical (unpaired) electrons. The van der Waals surface area contributed by atoms with Crippen LogP contribution in [0.2, 0.25) is 0 Å². The van der Waals surface area contributed by atoms with Gasteiger partial charge in [-0.05, 0) is 38.5 Å². The molecule has 8 heteroatoms. The monoisotopic (exact) mass is 304 g/mol. The van der Waals surface area contributed by atoms with Gasteiger partial charge in [0.15, 0.2) is 0 Å². The topological polar surface area (TPSA) is 92.2 Å². The van der Waals surface area contributed by atoms with Gasteiger partial charge < -0.3 is 9.80 Å². The molecule has 3 rings (SSSR count). The van der Waals surface area contributed by atoms with E-state index in [1.807, 2.05) is 0 Å². The van der Waals surface area contributed by atoms with Gasteiger partial charge in [-0.15, -0.1) is 20.4 Å². The molecule has 0 aromatic carbocycles. The van der Waals surface area contributed by atoms with Crippen molar-refractivity contribution >= 4 is 11.8 Å². The Kier molecular flexibility index (Phi) is 4.55. The van der Waals surface area contributed by atoms with Crippen LogP contribution in [0.4, 0.5) is 0 Å². The van der Waals surface area contributed by atoms with E-state index in [0.717, 1.165) is 64.7 Å². The molecule has 2 aliphatic heterocycles. The molecular formula is C14H20N6O2. The highest BCUT2D eigenvalue weighted by molar-refractivity contribution is 5.92. The molecule has 22 heavy (non-hydrogen) atoms. The average molecular weight is 304 g/mol. The first-order chi connectivity index (χ1) is 10.8. The van der Waals surface area contributed by atoms with Crippen LogP contribution in [0.5, 0.6) is 0 Å². The van der Waals surface area contributed by atoms with E-state index in [-0.39, 0.29) is 23.5 Å². The predicted molar refractivity (Wildman–Crippen MR) is 77.1 cm³/mol. The summed E-state index contributed by atoms with van der Waals surface area (Å²) >= 11 is 0. The summed E-state index contributed by atoms with van der Waals surface area (Å²) in [6.07, 6.45) is 6.28. The third kappa shape index (κ3) is 3.20. The Bertz CT molecular complexity index is 486. The van der Waals surface area contributed by atoms with Crippen molar-refractivity contribution < 1.29 is 9.59 Å². The van der Waals surface area contributed by atoms with E-state index in [1.165, 1.54) is 0 Å². The molecule has 0 bridgehead atoms. The molecule has 2 amide bonds. The Morgan fingerprint density at radius 2 is 0.909 bits per heavy atom. The van der Waals surface area contributed by atoms with Crippen molar-refractivity contribution in [3.63, 3.8) is 0 Å². The lowest BCUT2D eigenvalue weighted by Crippen LogP contribution is -2.38. The van der Waals surface area contributed by atoms with Gasteiger partial charge in [-0.3, -0.25) is 9.59 Å². The maximum absolute atomic E-state index is 12.2. The molecule has 3 heterocycles. The van der Waals surface area contributed by atoms with Gasteiger partial charge in [0.2, 0.25) is 0 Å². The van der Waals surface area contributed by atoms with Crippen LogP contribution in [0, 0.1) is 0 Å². The number of aromatic nitrogens is 4. The predicted octanol–water partition coefficient (Wildman–Crippen LogP) is 0.519. The second-order valence-electron chi connectivity index (χ2n) is 5.75. The minimum atomic E-state index is -0.253. The molecule has 0 aliphatic carbocycles. The van der Waals surface area contributed by atoms with Crippen molar-refractivity contribution in [1.29, 1.82) is 0 Å². The third-order valence-electron chi connectivity index (χ3n) is 4.15. The highest BCUT2D eigenvalue weighted by atomic mass is 16.2. The molecule has 0 spiro atoms. The molecule has 0 unspecified atom stereocenters. The largest absolute Gasteiger partial charge is 0.336 e. The molecule has 118 valence electrons. The maximum Gasteiger partial charge on any atom is 0.295 e. The molecule has 0 saturated carbocycles. The lowest BCUT2D eigenvalue weighted by Gasteiger charge is -2.26. The number of hydrogen-bond acceptors (Lipinski definition) is 6. The zero-order valence-corrected chi connectivity index (χ0v) is 12.6. The van der Waals surface area contributed by atoms with Gasteiger partial charge >= 0.3 is 0 Å². The van der Waals surface area contributed by atoms with Crippen LogP contribution in [0.1, 0.15) is 59.8 Å². The summed E-state index contributed by atoms with van der Waals surface area (Å²) in [5.74, 6) is -0.567. The zero-order valence-electron chi connectivity index (χ0n) is 12.6. The summed E-state index contributed by atoms with van der Waals surface area (Å²) in [7, 11) is 0. The lowest BCUT2D eigenvalue weighted by molar-refractivity contribution is 0.0686. The van der Waals surface area contributed by atoms with Crippen LogP contribution in [-0.4, -0.2) is 68.2 Å². The second-order valence-corrected chi connectivity index (χ2v) is 5.75. The van der Waals surface area contributed by atoms with E-state index >= 15 is 0 Å². The SMILES string of the molecule is O=C(c1nnc(C(=O)N2CCCCC2)nn1)N1CCCCC1. The molecule has 1 aromatic heterocycles. The summed E-state index contributed by atoms with van der Waals surface area (Å²) in [5.41, 5.74) is 0. The molecule has 8 nitrogen and oxygen atoms in total. The first-order valence-corrected chi connectivity index (χ1v) is 7.91. The van der Waals surface area contributed by atoms with E-state index in [9.17, 15) is 9.59 Å². The molecule has 2 saturated heterocycles. The summed E-state index contributed by atoms with van der Waals surface area (Å²) in [6.45, 7) is 2.88. The number of carbonyl (C=O) groups is 2. The van der Waals surface area contributed by atoms with E-state index < -0.39 is 0 Å². The number of amides is 2. The van der Waals surface area contributed by atoms with E-state index in [1.54, 1.807) is 9.80 Å². The first kappa shape index (κ1) is 14.8. The van der Waals surface area contributed by atoms with Gasteiger partial charge in [0, 0.05) is 26.2 Å². The fourth-order valence-electron chi connectivity index (χ4n) is 2.88. The summed E-state index contributed by atoms with van der Waals surface area (Å²) < 4.78 is 0. The number of piperidine rings is 2. The minimum Gasteiger partial charge on any atom is -0.336 e. The molecule has 1 aromatic rings. The normalized spacial score (nSPS) is 19.1. The van der Waals surface area contributed by atoms with Crippen molar-refractivity contribution in [2.24, 2.45) is 0 Å². The van der Waals surface area contributed by atoms with Crippen LogP contribution in [-0.2, 0) is 0 Å². The first-order valence-electron chi connectivity index (χ1n) is 7.91. The van der Waals surface area contributed by atoms with Crippen molar-refractivity contribution in [2.75, 3.05) is 26.2 Å². The number of rotatable bonds is 2. The van der Waals surface area contributed by atoms with Gasteiger partial charge in [0.1, 0.15) is 0 Å². The van der Waals surface area contributed by atoms with E-state index in [2.05, 4.69) is 20.4 Å². The third-order valence-corrected chi connectivity index (χ3v) is 4.15. The van der Waals surface area contributed by atoms with Gasteiger partial charge in [-0.25, -0.2) is 0 Å². The Hall–Kier alpha value is -2.12.